The summed E-state index contributed by atoms with van der Waals surface area (Å²) in [7, 11) is 0. The van der Waals surface area contributed by atoms with Gasteiger partial charge in [-0.3, -0.25) is 14.9 Å². The van der Waals surface area contributed by atoms with Gasteiger partial charge in [-0.2, -0.15) is 0 Å². The lowest BCUT2D eigenvalue weighted by molar-refractivity contribution is -0.384. The Morgan fingerprint density at radius 3 is 2.81 bits per heavy atom. The first-order chi connectivity index (χ1) is 7.56. The second-order valence-electron chi connectivity index (χ2n) is 3.18. The molecule has 0 unspecified atom stereocenters. The molecular weight excluding hydrogens is 323 g/mol. The first-order valence-corrected chi connectivity index (χ1v) is 5.86. The molecule has 1 N–H and O–H groups in total. The maximum Gasteiger partial charge on any atom is 0.270 e. The van der Waals surface area contributed by atoms with Gasteiger partial charge in [0.2, 0.25) is 0 Å². The van der Waals surface area contributed by atoms with Crippen molar-refractivity contribution in [3.05, 3.63) is 37.4 Å². The van der Waals surface area contributed by atoms with Gasteiger partial charge in [-0.1, -0.05) is 6.92 Å². The number of hydrogen-bond donors (Lipinski definition) is 1. The average molecular weight is 334 g/mol. The minimum Gasteiger partial charge on any atom is -0.352 e. The van der Waals surface area contributed by atoms with Gasteiger partial charge in [-0.05, 0) is 35.1 Å². The Kier molecular flexibility index (Phi) is 4.66. The molecule has 0 radical (unpaired) electrons. The van der Waals surface area contributed by atoms with Gasteiger partial charge in [0.05, 0.1) is 10.5 Å². The summed E-state index contributed by atoms with van der Waals surface area (Å²) in [4.78, 5) is 21.7. The third-order valence-corrected chi connectivity index (χ3v) is 2.88. The molecule has 0 spiro atoms. The van der Waals surface area contributed by atoms with Gasteiger partial charge < -0.3 is 5.32 Å². The molecule has 5 nitrogen and oxygen atoms in total. The van der Waals surface area contributed by atoms with Crippen molar-refractivity contribution in [2.24, 2.45) is 0 Å². The number of rotatable bonds is 4. The lowest BCUT2D eigenvalue weighted by Gasteiger charge is -2.05. The highest BCUT2D eigenvalue weighted by molar-refractivity contribution is 14.1. The molecule has 0 bridgehead atoms. The summed E-state index contributed by atoms with van der Waals surface area (Å²) >= 11 is 1.98. The zero-order valence-electron chi connectivity index (χ0n) is 8.70. The van der Waals surface area contributed by atoms with Crippen LogP contribution in [0.5, 0.6) is 0 Å². The van der Waals surface area contributed by atoms with Gasteiger partial charge in [-0.15, -0.1) is 0 Å². The van der Waals surface area contributed by atoms with Crippen LogP contribution >= 0.6 is 22.6 Å². The smallest absolute Gasteiger partial charge is 0.270 e. The van der Waals surface area contributed by atoms with E-state index in [9.17, 15) is 14.9 Å². The highest BCUT2D eigenvalue weighted by Gasteiger charge is 2.14. The molecule has 1 aromatic rings. The number of benzene rings is 1. The fourth-order valence-corrected chi connectivity index (χ4v) is 1.72. The van der Waals surface area contributed by atoms with Crippen molar-refractivity contribution in [2.75, 3.05) is 6.54 Å². The summed E-state index contributed by atoms with van der Waals surface area (Å²) in [6.45, 7) is 2.51. The summed E-state index contributed by atoms with van der Waals surface area (Å²) in [6.07, 6.45) is 0.831. The van der Waals surface area contributed by atoms with E-state index in [2.05, 4.69) is 5.32 Å². The standard InChI is InChI=1S/C10H11IN2O3/c1-2-5-12-10(14)8-6-7(13(15)16)3-4-9(8)11/h3-4,6H,2,5H2,1H3,(H,12,14). The van der Waals surface area contributed by atoms with Crippen LogP contribution in [0.4, 0.5) is 5.69 Å². The molecule has 0 aromatic heterocycles. The number of nitrogens with one attached hydrogen (secondary N) is 1. The number of halogens is 1. The van der Waals surface area contributed by atoms with Crippen molar-refractivity contribution < 1.29 is 9.72 Å². The SMILES string of the molecule is CCCNC(=O)c1cc([N+](=O)[O-])ccc1I. The lowest BCUT2D eigenvalue weighted by atomic mass is 10.2. The number of nitro benzene ring substituents is 1. The molecule has 0 saturated carbocycles. The molecule has 1 aromatic carbocycles. The van der Waals surface area contributed by atoms with E-state index in [0.717, 1.165) is 6.42 Å². The molecule has 0 heterocycles. The number of hydrogen-bond acceptors (Lipinski definition) is 3. The molecule has 0 aliphatic rings. The summed E-state index contributed by atoms with van der Waals surface area (Å²) in [5.74, 6) is -0.269. The largest absolute Gasteiger partial charge is 0.352 e. The van der Waals surface area contributed by atoms with Crippen molar-refractivity contribution in [1.82, 2.24) is 5.32 Å². The van der Waals surface area contributed by atoms with Gasteiger partial charge in [0.1, 0.15) is 0 Å². The van der Waals surface area contributed by atoms with E-state index in [1.807, 2.05) is 29.5 Å². The normalized spacial score (nSPS) is 9.88. The topological polar surface area (TPSA) is 72.2 Å². The maximum atomic E-state index is 11.7. The fraction of sp³-hybridized carbons (Fsp3) is 0.300. The third kappa shape index (κ3) is 3.16. The first-order valence-electron chi connectivity index (χ1n) is 4.78. The van der Waals surface area contributed by atoms with Gasteiger partial charge in [0.15, 0.2) is 0 Å². The Hall–Kier alpha value is -1.18. The second-order valence-corrected chi connectivity index (χ2v) is 4.34. The third-order valence-electron chi connectivity index (χ3n) is 1.94. The van der Waals surface area contributed by atoms with Crippen molar-refractivity contribution in [1.29, 1.82) is 0 Å². The summed E-state index contributed by atoms with van der Waals surface area (Å²) in [6, 6.07) is 4.25. The van der Waals surface area contributed by atoms with Gasteiger partial charge in [0.25, 0.3) is 11.6 Å². The predicted molar refractivity (Wildman–Crippen MR) is 68.4 cm³/mol. The van der Waals surface area contributed by atoms with Crippen LogP contribution in [-0.4, -0.2) is 17.4 Å². The van der Waals surface area contributed by atoms with Crippen LogP contribution in [0.3, 0.4) is 0 Å². The highest BCUT2D eigenvalue weighted by atomic mass is 127. The van der Waals surface area contributed by atoms with Gasteiger partial charge >= 0.3 is 0 Å². The van der Waals surface area contributed by atoms with Crippen LogP contribution in [-0.2, 0) is 0 Å². The average Bonchev–Trinajstić information content (AvgIpc) is 2.26. The van der Waals surface area contributed by atoms with E-state index in [1.165, 1.54) is 12.1 Å². The molecule has 0 aliphatic heterocycles. The number of nitro groups is 1. The highest BCUT2D eigenvalue weighted by Crippen LogP contribution is 2.19. The molecule has 1 rings (SSSR count). The summed E-state index contributed by atoms with van der Waals surface area (Å²) in [5.41, 5.74) is 0.283. The van der Waals surface area contributed by atoms with Crippen LogP contribution < -0.4 is 5.32 Å². The van der Waals surface area contributed by atoms with E-state index in [-0.39, 0.29) is 11.6 Å². The number of amides is 1. The maximum absolute atomic E-state index is 11.7. The molecule has 0 aliphatic carbocycles. The van der Waals surface area contributed by atoms with E-state index in [0.29, 0.717) is 15.7 Å². The van der Waals surface area contributed by atoms with E-state index < -0.39 is 4.92 Å². The monoisotopic (exact) mass is 334 g/mol. The molecule has 16 heavy (non-hydrogen) atoms. The number of nitrogens with zero attached hydrogens (tertiary/aromatic N) is 1. The van der Waals surface area contributed by atoms with Gasteiger partial charge in [-0.25, -0.2) is 0 Å². The Labute approximate surface area is 107 Å². The molecule has 6 heteroatoms. The molecule has 86 valence electrons. The van der Waals surface area contributed by atoms with E-state index >= 15 is 0 Å². The van der Waals surface area contributed by atoms with E-state index in [1.54, 1.807) is 6.07 Å². The Morgan fingerprint density at radius 2 is 2.25 bits per heavy atom. The summed E-state index contributed by atoms with van der Waals surface area (Å²) in [5, 5.41) is 13.3. The Morgan fingerprint density at radius 1 is 1.56 bits per heavy atom. The van der Waals surface area contributed by atoms with Crippen molar-refractivity contribution in [3.8, 4) is 0 Å². The zero-order valence-corrected chi connectivity index (χ0v) is 10.9. The van der Waals surface area contributed by atoms with Crippen LogP contribution in [0.2, 0.25) is 0 Å². The van der Waals surface area contributed by atoms with Crippen molar-refractivity contribution >= 4 is 34.2 Å². The van der Waals surface area contributed by atoms with Crippen molar-refractivity contribution in [2.45, 2.75) is 13.3 Å². The number of non-ortho nitro benzene ring substituents is 1. The van der Waals surface area contributed by atoms with Crippen molar-refractivity contribution in [3.63, 3.8) is 0 Å². The molecule has 0 saturated heterocycles. The predicted octanol–water partition coefficient (Wildman–Crippen LogP) is 2.34. The van der Waals surface area contributed by atoms with E-state index in [4.69, 9.17) is 0 Å². The first kappa shape index (κ1) is 12.9. The summed E-state index contributed by atoms with van der Waals surface area (Å²) < 4.78 is 0.705. The minimum atomic E-state index is -0.507. The number of carbonyl (C=O) groups excluding carboxylic acids is 1. The second kappa shape index (κ2) is 5.78. The van der Waals surface area contributed by atoms with Gasteiger partial charge in [0, 0.05) is 22.2 Å². The fourth-order valence-electron chi connectivity index (χ4n) is 1.13. The van der Waals surface area contributed by atoms with Crippen LogP contribution in [0.25, 0.3) is 0 Å². The quantitative estimate of drug-likeness (QED) is 0.522. The zero-order chi connectivity index (χ0) is 12.1. The lowest BCUT2D eigenvalue weighted by Crippen LogP contribution is -2.24. The minimum absolute atomic E-state index is 0.0675. The Bertz CT molecular complexity index is 421. The van der Waals surface area contributed by atoms with Crippen LogP contribution in [0.15, 0.2) is 18.2 Å². The Balaban J connectivity index is 2.97. The molecule has 0 fully saturated rings. The van der Waals surface area contributed by atoms with Crippen LogP contribution in [0, 0.1) is 13.7 Å². The van der Waals surface area contributed by atoms with Crippen LogP contribution in [0.1, 0.15) is 23.7 Å². The molecule has 1 amide bonds. The molecular formula is C10H11IN2O3. The molecule has 0 atom stereocenters. The number of carbonyl (C=O) groups is 1.